The highest BCUT2D eigenvalue weighted by Crippen LogP contribution is 2.37. The van der Waals surface area contributed by atoms with Crippen molar-refractivity contribution in [3.63, 3.8) is 0 Å². The lowest BCUT2D eigenvalue weighted by Crippen LogP contribution is -2.28. The number of hydrogen-bond donors (Lipinski definition) is 2. The van der Waals surface area contributed by atoms with E-state index in [4.69, 9.17) is 10.6 Å². The Morgan fingerprint density at radius 3 is 2.52 bits per heavy atom. The highest BCUT2D eigenvalue weighted by atomic mass is 32.1. The van der Waals surface area contributed by atoms with Gasteiger partial charge in [0, 0.05) is 0 Å². The molecule has 1 unspecified atom stereocenters. The zero-order valence-corrected chi connectivity index (χ0v) is 11.7. The van der Waals surface area contributed by atoms with Crippen molar-refractivity contribution in [3.8, 4) is 5.75 Å². The van der Waals surface area contributed by atoms with Crippen molar-refractivity contribution < 1.29 is 22.3 Å². The maximum absolute atomic E-state index is 13.7. The van der Waals surface area contributed by atoms with E-state index in [1.807, 2.05) is 0 Å². The Hall–Kier alpha value is -1.64. The topological polar surface area (TPSA) is 47.3 Å². The lowest BCUT2D eigenvalue weighted by molar-refractivity contribution is -0.140. The molecule has 0 spiro atoms. The SMILES string of the molecule is COc1ccsc1C(NN)c1ccc(C(F)(F)F)c(F)c1. The van der Waals surface area contributed by atoms with Crippen LogP contribution >= 0.6 is 11.3 Å². The first-order valence-corrected chi connectivity index (χ1v) is 6.70. The van der Waals surface area contributed by atoms with Crippen LogP contribution in [0, 0.1) is 5.82 Å². The summed E-state index contributed by atoms with van der Waals surface area (Å²) in [6.45, 7) is 0. The number of hydrazine groups is 1. The number of benzene rings is 1. The minimum atomic E-state index is -4.73. The van der Waals surface area contributed by atoms with Crippen LogP contribution in [0.25, 0.3) is 0 Å². The van der Waals surface area contributed by atoms with E-state index in [0.29, 0.717) is 16.7 Å². The standard InChI is InChI=1S/C13H12F4N2OS/c1-20-10-4-5-21-12(10)11(19-18)7-2-3-8(9(14)6-7)13(15,16)17/h2-6,11,19H,18H2,1H3. The van der Waals surface area contributed by atoms with Gasteiger partial charge in [-0.15, -0.1) is 11.3 Å². The third kappa shape index (κ3) is 3.17. The smallest absolute Gasteiger partial charge is 0.419 e. The third-order valence-electron chi connectivity index (χ3n) is 2.94. The van der Waals surface area contributed by atoms with E-state index in [9.17, 15) is 17.6 Å². The molecule has 1 aromatic heterocycles. The summed E-state index contributed by atoms with van der Waals surface area (Å²) in [4.78, 5) is 0.652. The lowest BCUT2D eigenvalue weighted by Gasteiger charge is -2.18. The van der Waals surface area contributed by atoms with E-state index in [2.05, 4.69) is 5.43 Å². The molecule has 0 fully saturated rings. The second-order valence-electron chi connectivity index (χ2n) is 4.19. The molecule has 0 saturated carbocycles. The van der Waals surface area contributed by atoms with Crippen molar-refractivity contribution in [3.05, 3.63) is 51.5 Å². The molecule has 0 saturated heterocycles. The van der Waals surface area contributed by atoms with Gasteiger partial charge in [0.1, 0.15) is 11.6 Å². The van der Waals surface area contributed by atoms with E-state index < -0.39 is 23.6 Å². The quantitative estimate of drug-likeness (QED) is 0.515. The van der Waals surface area contributed by atoms with Crippen LogP contribution in [0.5, 0.6) is 5.75 Å². The van der Waals surface area contributed by atoms with E-state index in [-0.39, 0.29) is 5.56 Å². The van der Waals surface area contributed by atoms with Crippen LogP contribution < -0.4 is 16.0 Å². The largest absolute Gasteiger partial charge is 0.496 e. The van der Waals surface area contributed by atoms with Gasteiger partial charge in [-0.3, -0.25) is 5.84 Å². The first kappa shape index (κ1) is 15.7. The molecule has 8 heteroatoms. The third-order valence-corrected chi connectivity index (χ3v) is 3.90. The van der Waals surface area contributed by atoms with Crippen molar-refractivity contribution in [1.82, 2.24) is 5.43 Å². The summed E-state index contributed by atoms with van der Waals surface area (Å²) in [5, 5.41) is 1.75. The summed E-state index contributed by atoms with van der Waals surface area (Å²) < 4.78 is 56.5. The molecule has 1 heterocycles. The fraction of sp³-hybridized carbons (Fsp3) is 0.231. The number of nitrogens with one attached hydrogen (secondary N) is 1. The summed E-state index contributed by atoms with van der Waals surface area (Å²) >= 11 is 1.31. The molecule has 2 aromatic rings. The average Bonchev–Trinajstić information content (AvgIpc) is 2.86. The summed E-state index contributed by atoms with van der Waals surface area (Å²) in [5.74, 6) is 4.64. The second-order valence-corrected chi connectivity index (χ2v) is 5.14. The van der Waals surface area contributed by atoms with Gasteiger partial charge in [-0.2, -0.15) is 13.2 Å². The molecule has 1 atom stereocenters. The van der Waals surface area contributed by atoms with Gasteiger partial charge < -0.3 is 4.74 Å². The number of rotatable bonds is 4. The van der Waals surface area contributed by atoms with Crippen LogP contribution in [0.1, 0.15) is 22.0 Å². The number of nitrogens with two attached hydrogens (primary N) is 1. The molecule has 21 heavy (non-hydrogen) atoms. The fourth-order valence-corrected chi connectivity index (χ4v) is 2.90. The molecule has 0 aliphatic carbocycles. The Morgan fingerprint density at radius 2 is 2.00 bits per heavy atom. The molecule has 0 aliphatic heterocycles. The van der Waals surface area contributed by atoms with Crippen LogP contribution in [0.4, 0.5) is 17.6 Å². The summed E-state index contributed by atoms with van der Waals surface area (Å²) in [6.07, 6.45) is -4.73. The normalized spacial score (nSPS) is 13.2. The van der Waals surface area contributed by atoms with Gasteiger partial charge in [-0.25, -0.2) is 9.82 Å². The van der Waals surface area contributed by atoms with Crippen LogP contribution in [-0.4, -0.2) is 7.11 Å². The van der Waals surface area contributed by atoms with E-state index in [1.54, 1.807) is 11.4 Å². The van der Waals surface area contributed by atoms with Crippen LogP contribution in [0.15, 0.2) is 29.6 Å². The molecule has 3 nitrogen and oxygen atoms in total. The van der Waals surface area contributed by atoms with Gasteiger partial charge in [-0.05, 0) is 29.1 Å². The van der Waals surface area contributed by atoms with Crippen LogP contribution in [0.3, 0.4) is 0 Å². The minimum absolute atomic E-state index is 0.281. The van der Waals surface area contributed by atoms with E-state index in [1.165, 1.54) is 24.5 Å². The van der Waals surface area contributed by atoms with Crippen molar-refractivity contribution in [1.29, 1.82) is 0 Å². The number of alkyl halides is 3. The number of methoxy groups -OCH3 is 1. The minimum Gasteiger partial charge on any atom is -0.496 e. The Balaban J connectivity index is 2.43. The monoisotopic (exact) mass is 320 g/mol. The summed E-state index contributed by atoms with van der Waals surface area (Å²) in [6, 6.07) is 3.76. The predicted octanol–water partition coefficient (Wildman–Crippen LogP) is 3.47. The van der Waals surface area contributed by atoms with E-state index >= 15 is 0 Å². The van der Waals surface area contributed by atoms with Gasteiger partial charge in [0.05, 0.1) is 23.6 Å². The highest BCUT2D eigenvalue weighted by molar-refractivity contribution is 7.10. The first-order valence-electron chi connectivity index (χ1n) is 5.82. The number of ether oxygens (including phenoxy) is 1. The molecule has 3 N–H and O–H groups in total. The molecule has 2 rings (SSSR count). The predicted molar refractivity (Wildman–Crippen MR) is 71.4 cm³/mol. The molecule has 0 aliphatic rings. The Kier molecular flexibility index (Phi) is 4.50. The Bertz CT molecular complexity index is 627. The Morgan fingerprint density at radius 1 is 1.29 bits per heavy atom. The lowest BCUT2D eigenvalue weighted by atomic mass is 10.0. The van der Waals surface area contributed by atoms with E-state index in [0.717, 1.165) is 6.07 Å². The van der Waals surface area contributed by atoms with Crippen molar-refractivity contribution in [2.24, 2.45) is 5.84 Å². The number of halogens is 4. The average molecular weight is 320 g/mol. The maximum Gasteiger partial charge on any atom is 0.419 e. The molecular formula is C13H12F4N2OS. The summed E-state index contributed by atoms with van der Waals surface area (Å²) in [5.41, 5.74) is 1.44. The second kappa shape index (κ2) is 6.00. The first-order chi connectivity index (χ1) is 9.88. The molecular weight excluding hydrogens is 308 g/mol. The van der Waals surface area contributed by atoms with Crippen LogP contribution in [0.2, 0.25) is 0 Å². The molecule has 0 bridgehead atoms. The maximum atomic E-state index is 13.7. The van der Waals surface area contributed by atoms with Gasteiger partial charge in [0.2, 0.25) is 0 Å². The zero-order valence-electron chi connectivity index (χ0n) is 10.9. The van der Waals surface area contributed by atoms with Gasteiger partial charge in [0.25, 0.3) is 0 Å². The zero-order chi connectivity index (χ0) is 15.6. The van der Waals surface area contributed by atoms with Gasteiger partial charge in [-0.1, -0.05) is 6.07 Å². The highest BCUT2D eigenvalue weighted by Gasteiger charge is 2.34. The number of hydrogen-bond acceptors (Lipinski definition) is 4. The molecule has 0 radical (unpaired) electrons. The molecule has 114 valence electrons. The van der Waals surface area contributed by atoms with Gasteiger partial charge >= 0.3 is 6.18 Å². The summed E-state index contributed by atoms with van der Waals surface area (Å²) in [7, 11) is 1.46. The van der Waals surface area contributed by atoms with Gasteiger partial charge in [0.15, 0.2) is 0 Å². The Labute approximate surface area is 122 Å². The number of thiophene rings is 1. The van der Waals surface area contributed by atoms with Crippen LogP contribution in [-0.2, 0) is 6.18 Å². The molecule has 0 amide bonds. The van der Waals surface area contributed by atoms with Crippen molar-refractivity contribution in [2.75, 3.05) is 7.11 Å². The fourth-order valence-electron chi connectivity index (χ4n) is 1.95. The van der Waals surface area contributed by atoms with Crippen molar-refractivity contribution >= 4 is 11.3 Å². The van der Waals surface area contributed by atoms with Crippen molar-refractivity contribution in [2.45, 2.75) is 12.2 Å². The molecule has 1 aromatic carbocycles.